The molecular weight excluding hydrogens is 206 g/mol. The maximum Gasteiger partial charge on any atom is 0.246 e. The van der Waals surface area contributed by atoms with Crippen LogP contribution >= 0.6 is 0 Å². The van der Waals surface area contributed by atoms with E-state index >= 15 is 0 Å². The van der Waals surface area contributed by atoms with Crippen molar-refractivity contribution in [3.05, 3.63) is 12.2 Å². The molecule has 0 aliphatic carbocycles. The molecule has 2 aliphatic heterocycles. The van der Waals surface area contributed by atoms with E-state index in [2.05, 4.69) is 6.92 Å². The molecule has 0 saturated carbocycles. The molecule has 1 saturated heterocycles. The Morgan fingerprint density at radius 2 is 2.25 bits per heavy atom. The predicted octanol–water partition coefficient (Wildman–Crippen LogP) is 1.17. The van der Waals surface area contributed by atoms with Gasteiger partial charge in [0.05, 0.1) is 18.8 Å². The van der Waals surface area contributed by atoms with E-state index in [-0.39, 0.29) is 24.0 Å². The van der Waals surface area contributed by atoms with Crippen LogP contribution in [0.3, 0.4) is 0 Å². The Morgan fingerprint density at radius 3 is 2.69 bits per heavy atom. The highest BCUT2D eigenvalue weighted by Gasteiger charge is 2.40. The van der Waals surface area contributed by atoms with Crippen LogP contribution in [0.1, 0.15) is 20.8 Å². The van der Waals surface area contributed by atoms with Gasteiger partial charge in [-0.25, -0.2) is 0 Å². The summed E-state index contributed by atoms with van der Waals surface area (Å²) in [4.78, 5) is 13.1. The first-order chi connectivity index (χ1) is 7.41. The molecule has 0 aromatic carbocycles. The Hall–Kier alpha value is -0.870. The standard InChI is InChI=1S/C12H19NO3/c1-8(9-5-6-11(14)13(9)4)10-7-15-12(2,3)16-10/h5-6,8-10H,7H2,1-4H3/t8-,9+,10+/m0/s1. The lowest BCUT2D eigenvalue weighted by atomic mass is 9.96. The molecule has 90 valence electrons. The first-order valence-electron chi connectivity index (χ1n) is 5.67. The van der Waals surface area contributed by atoms with Crippen LogP contribution in [0, 0.1) is 5.92 Å². The van der Waals surface area contributed by atoms with E-state index in [0.717, 1.165) is 0 Å². The fourth-order valence-corrected chi connectivity index (χ4v) is 2.30. The predicted molar refractivity (Wildman–Crippen MR) is 59.8 cm³/mol. The van der Waals surface area contributed by atoms with Gasteiger partial charge in [-0.1, -0.05) is 13.0 Å². The molecule has 1 amide bonds. The van der Waals surface area contributed by atoms with E-state index in [4.69, 9.17) is 9.47 Å². The highest BCUT2D eigenvalue weighted by atomic mass is 16.7. The van der Waals surface area contributed by atoms with Gasteiger partial charge in [0.15, 0.2) is 5.79 Å². The van der Waals surface area contributed by atoms with E-state index in [1.54, 1.807) is 11.0 Å². The SMILES string of the molecule is C[C@@H]([C@H]1C=CC(=O)N1C)[C@H]1COC(C)(C)O1. The summed E-state index contributed by atoms with van der Waals surface area (Å²) in [7, 11) is 1.82. The third kappa shape index (κ3) is 1.99. The van der Waals surface area contributed by atoms with Crippen molar-refractivity contribution >= 4 is 5.91 Å². The van der Waals surface area contributed by atoms with Crippen molar-refractivity contribution in [2.75, 3.05) is 13.7 Å². The van der Waals surface area contributed by atoms with Gasteiger partial charge in [0, 0.05) is 19.0 Å². The maximum absolute atomic E-state index is 11.4. The number of nitrogens with zero attached hydrogens (tertiary/aromatic N) is 1. The average molecular weight is 225 g/mol. The number of hydrogen-bond acceptors (Lipinski definition) is 3. The molecule has 4 nitrogen and oxygen atoms in total. The lowest BCUT2D eigenvalue weighted by molar-refractivity contribution is -0.146. The summed E-state index contributed by atoms with van der Waals surface area (Å²) in [6.07, 6.45) is 3.63. The first kappa shape index (κ1) is 11.6. The van der Waals surface area contributed by atoms with Gasteiger partial charge >= 0.3 is 0 Å². The molecule has 16 heavy (non-hydrogen) atoms. The first-order valence-corrected chi connectivity index (χ1v) is 5.67. The number of hydrogen-bond donors (Lipinski definition) is 0. The Morgan fingerprint density at radius 1 is 1.56 bits per heavy atom. The van der Waals surface area contributed by atoms with Crippen molar-refractivity contribution in [2.45, 2.75) is 38.7 Å². The summed E-state index contributed by atoms with van der Waals surface area (Å²) >= 11 is 0. The molecule has 1 fully saturated rings. The number of amides is 1. The smallest absolute Gasteiger partial charge is 0.246 e. The van der Waals surface area contributed by atoms with Crippen LogP contribution < -0.4 is 0 Å². The number of carbonyl (C=O) groups is 1. The molecule has 0 radical (unpaired) electrons. The Balaban J connectivity index is 2.01. The fourth-order valence-electron chi connectivity index (χ4n) is 2.30. The molecule has 3 atom stereocenters. The van der Waals surface area contributed by atoms with Crippen LogP contribution in [0.5, 0.6) is 0 Å². The fraction of sp³-hybridized carbons (Fsp3) is 0.750. The normalized spacial score (nSPS) is 34.8. The van der Waals surface area contributed by atoms with Crippen LogP contribution in [0.25, 0.3) is 0 Å². The Kier molecular flexibility index (Phi) is 2.80. The highest BCUT2D eigenvalue weighted by molar-refractivity contribution is 5.90. The second-order valence-electron chi connectivity index (χ2n) is 5.03. The van der Waals surface area contributed by atoms with Gasteiger partial charge in [-0.15, -0.1) is 0 Å². The van der Waals surface area contributed by atoms with Crippen LogP contribution in [-0.2, 0) is 14.3 Å². The van der Waals surface area contributed by atoms with E-state index in [1.165, 1.54) is 0 Å². The zero-order valence-corrected chi connectivity index (χ0v) is 10.3. The minimum absolute atomic E-state index is 0.0537. The molecule has 4 heteroatoms. The number of likely N-dealkylation sites (N-methyl/N-ethyl adjacent to an activating group) is 1. The highest BCUT2D eigenvalue weighted by Crippen LogP contribution is 2.30. The molecule has 0 aromatic heterocycles. The summed E-state index contributed by atoms with van der Waals surface area (Å²) in [5, 5.41) is 0. The summed E-state index contributed by atoms with van der Waals surface area (Å²) in [5.74, 6) is -0.186. The lowest BCUT2D eigenvalue weighted by Gasteiger charge is -2.29. The minimum atomic E-state index is -0.496. The van der Waals surface area contributed by atoms with Crippen LogP contribution in [-0.4, -0.2) is 42.4 Å². The van der Waals surface area contributed by atoms with Gasteiger partial charge in [-0.05, 0) is 13.8 Å². The summed E-state index contributed by atoms with van der Waals surface area (Å²) < 4.78 is 11.4. The third-order valence-electron chi connectivity index (χ3n) is 3.39. The van der Waals surface area contributed by atoms with Crippen LogP contribution in [0.4, 0.5) is 0 Å². The second-order valence-corrected chi connectivity index (χ2v) is 5.03. The molecule has 0 spiro atoms. The minimum Gasteiger partial charge on any atom is -0.348 e. The summed E-state index contributed by atoms with van der Waals surface area (Å²) in [5.41, 5.74) is 0. The van der Waals surface area contributed by atoms with Crippen molar-refractivity contribution in [2.24, 2.45) is 5.92 Å². The van der Waals surface area contributed by atoms with Gasteiger partial charge in [0.1, 0.15) is 0 Å². The third-order valence-corrected chi connectivity index (χ3v) is 3.39. The summed E-state index contributed by atoms with van der Waals surface area (Å²) in [6.45, 7) is 6.53. The second kappa shape index (κ2) is 3.86. The van der Waals surface area contributed by atoms with E-state index in [9.17, 15) is 4.79 Å². The monoisotopic (exact) mass is 225 g/mol. The van der Waals surface area contributed by atoms with Crippen molar-refractivity contribution in [1.82, 2.24) is 4.90 Å². The zero-order valence-electron chi connectivity index (χ0n) is 10.3. The Bertz CT molecular complexity index is 324. The van der Waals surface area contributed by atoms with Crippen LogP contribution in [0.2, 0.25) is 0 Å². The molecule has 0 bridgehead atoms. The molecule has 2 aliphatic rings. The van der Waals surface area contributed by atoms with E-state index in [1.807, 2.05) is 27.0 Å². The summed E-state index contributed by atoms with van der Waals surface area (Å²) in [6, 6.07) is 0.120. The van der Waals surface area contributed by atoms with Crippen molar-refractivity contribution in [1.29, 1.82) is 0 Å². The quantitative estimate of drug-likeness (QED) is 0.708. The van der Waals surface area contributed by atoms with E-state index in [0.29, 0.717) is 6.61 Å². The number of rotatable bonds is 2. The largest absolute Gasteiger partial charge is 0.348 e. The molecule has 2 rings (SSSR count). The zero-order chi connectivity index (χ0) is 11.9. The molecule has 0 N–H and O–H groups in total. The molecular formula is C12H19NO3. The molecule has 0 unspecified atom stereocenters. The van der Waals surface area contributed by atoms with Gasteiger partial charge in [-0.2, -0.15) is 0 Å². The van der Waals surface area contributed by atoms with Gasteiger partial charge in [-0.3, -0.25) is 4.79 Å². The van der Waals surface area contributed by atoms with Gasteiger partial charge < -0.3 is 14.4 Å². The molecule has 2 heterocycles. The van der Waals surface area contributed by atoms with Crippen LogP contribution in [0.15, 0.2) is 12.2 Å². The van der Waals surface area contributed by atoms with Crippen molar-refractivity contribution in [3.63, 3.8) is 0 Å². The maximum atomic E-state index is 11.4. The van der Waals surface area contributed by atoms with Crippen molar-refractivity contribution in [3.8, 4) is 0 Å². The number of ether oxygens (including phenoxy) is 2. The lowest BCUT2D eigenvalue weighted by Crippen LogP contribution is -2.40. The topological polar surface area (TPSA) is 38.8 Å². The van der Waals surface area contributed by atoms with Gasteiger partial charge in [0.2, 0.25) is 5.91 Å². The molecule has 0 aromatic rings. The van der Waals surface area contributed by atoms with E-state index < -0.39 is 5.79 Å². The number of carbonyl (C=O) groups excluding carboxylic acids is 1. The van der Waals surface area contributed by atoms with Gasteiger partial charge in [0.25, 0.3) is 0 Å². The average Bonchev–Trinajstić information content (AvgIpc) is 2.71. The Labute approximate surface area is 96.2 Å². The van der Waals surface area contributed by atoms with Crippen molar-refractivity contribution < 1.29 is 14.3 Å².